The Morgan fingerprint density at radius 3 is 2.86 bits per heavy atom. The Hall–Kier alpha value is -1.46. The zero-order valence-corrected chi connectivity index (χ0v) is 7.53. The predicted molar refractivity (Wildman–Crippen MR) is 49.9 cm³/mol. The molecule has 0 amide bonds. The summed E-state index contributed by atoms with van der Waals surface area (Å²) in [7, 11) is 0. The molecule has 1 aromatic heterocycles. The molecule has 3 N–H and O–H groups in total. The van der Waals surface area contributed by atoms with Crippen molar-refractivity contribution in [3.05, 3.63) is 29.6 Å². The lowest BCUT2D eigenvalue weighted by molar-refractivity contribution is 0.0694. The van der Waals surface area contributed by atoms with Crippen LogP contribution in [0.2, 0.25) is 0 Å². The first-order chi connectivity index (χ1) is 6.79. The van der Waals surface area contributed by atoms with Crippen LogP contribution in [-0.2, 0) is 0 Å². The van der Waals surface area contributed by atoms with E-state index in [-0.39, 0.29) is 11.7 Å². The molecule has 1 saturated heterocycles. The first kappa shape index (κ1) is 9.11. The summed E-state index contributed by atoms with van der Waals surface area (Å²) in [6.07, 6.45) is 1.46. The van der Waals surface area contributed by atoms with Crippen molar-refractivity contribution in [3.63, 3.8) is 0 Å². The highest BCUT2D eigenvalue weighted by molar-refractivity contribution is 5.88. The molecule has 14 heavy (non-hydrogen) atoms. The van der Waals surface area contributed by atoms with E-state index >= 15 is 0 Å². The van der Waals surface area contributed by atoms with Crippen LogP contribution in [0.25, 0.3) is 0 Å². The summed E-state index contributed by atoms with van der Waals surface area (Å²) in [5.74, 6) is -0.941. The van der Waals surface area contributed by atoms with Crippen LogP contribution in [0.1, 0.15) is 22.2 Å². The lowest BCUT2D eigenvalue weighted by Crippen LogP contribution is -2.25. The van der Waals surface area contributed by atoms with E-state index in [0.717, 1.165) is 13.1 Å². The van der Waals surface area contributed by atoms with E-state index in [0.29, 0.717) is 5.69 Å². The molecule has 0 spiro atoms. The summed E-state index contributed by atoms with van der Waals surface area (Å²) in [4.78, 5) is 15.0. The maximum absolute atomic E-state index is 10.9. The molecule has 2 heterocycles. The van der Waals surface area contributed by atoms with Crippen LogP contribution < -0.4 is 10.6 Å². The molecule has 0 atom stereocenters. The number of nitrogens with one attached hydrogen (secondary N) is 2. The van der Waals surface area contributed by atoms with Gasteiger partial charge >= 0.3 is 5.97 Å². The summed E-state index contributed by atoms with van der Waals surface area (Å²) in [6, 6.07) is 3.19. The Morgan fingerprint density at radius 1 is 1.50 bits per heavy atom. The van der Waals surface area contributed by atoms with Gasteiger partial charge in [0.15, 0.2) is 0 Å². The van der Waals surface area contributed by atoms with Crippen molar-refractivity contribution in [2.24, 2.45) is 0 Å². The van der Waals surface area contributed by atoms with Gasteiger partial charge in [0.25, 0.3) is 0 Å². The molecule has 1 aromatic rings. The monoisotopic (exact) mass is 193 g/mol. The Kier molecular flexibility index (Phi) is 2.43. The lowest BCUT2D eigenvalue weighted by atomic mass is 10.1. The third-order valence-electron chi connectivity index (χ3n) is 2.16. The minimum Gasteiger partial charge on any atom is -0.478 e. The summed E-state index contributed by atoms with van der Waals surface area (Å²) in [5, 5.41) is 15.2. The van der Waals surface area contributed by atoms with Crippen molar-refractivity contribution < 1.29 is 9.90 Å². The van der Waals surface area contributed by atoms with Gasteiger partial charge in [-0.1, -0.05) is 0 Å². The van der Waals surface area contributed by atoms with Crippen LogP contribution in [0.4, 0.5) is 0 Å². The van der Waals surface area contributed by atoms with Crippen molar-refractivity contribution in [2.45, 2.75) is 6.17 Å². The molecule has 5 nitrogen and oxygen atoms in total. The topological polar surface area (TPSA) is 74.2 Å². The molecule has 74 valence electrons. The minimum absolute atomic E-state index is 0.137. The maximum atomic E-state index is 10.9. The number of nitrogens with zero attached hydrogens (tertiary/aromatic N) is 1. The average molecular weight is 193 g/mol. The van der Waals surface area contributed by atoms with E-state index in [9.17, 15) is 4.79 Å². The van der Waals surface area contributed by atoms with Crippen LogP contribution in [-0.4, -0.2) is 29.1 Å². The fourth-order valence-electron chi connectivity index (χ4n) is 1.53. The van der Waals surface area contributed by atoms with E-state index in [1.807, 2.05) is 0 Å². The molecule has 1 aliphatic rings. The van der Waals surface area contributed by atoms with E-state index in [2.05, 4.69) is 15.6 Å². The minimum atomic E-state index is -0.941. The molecule has 0 aliphatic carbocycles. The number of carbonyl (C=O) groups is 1. The van der Waals surface area contributed by atoms with Crippen LogP contribution in [0, 0.1) is 0 Å². The quantitative estimate of drug-likeness (QED) is 0.615. The molecule has 1 aliphatic heterocycles. The molecule has 0 unspecified atom stereocenters. The number of hydrogen-bond donors (Lipinski definition) is 3. The second kappa shape index (κ2) is 3.73. The van der Waals surface area contributed by atoms with Crippen molar-refractivity contribution in [1.82, 2.24) is 15.6 Å². The summed E-state index contributed by atoms with van der Waals surface area (Å²) in [5.41, 5.74) is 0.803. The summed E-state index contributed by atoms with van der Waals surface area (Å²) >= 11 is 0. The van der Waals surface area contributed by atoms with Gasteiger partial charge in [-0.2, -0.15) is 0 Å². The fraction of sp³-hybridized carbons (Fsp3) is 0.333. The van der Waals surface area contributed by atoms with Gasteiger partial charge in [-0.3, -0.25) is 15.6 Å². The highest BCUT2D eigenvalue weighted by atomic mass is 16.4. The van der Waals surface area contributed by atoms with Crippen LogP contribution >= 0.6 is 0 Å². The number of pyridine rings is 1. The number of aromatic carboxylic acids is 1. The zero-order valence-electron chi connectivity index (χ0n) is 7.53. The van der Waals surface area contributed by atoms with E-state index < -0.39 is 5.97 Å². The number of hydrogen-bond acceptors (Lipinski definition) is 4. The normalized spacial score (nSPS) is 17.1. The molecule has 0 radical (unpaired) electrons. The van der Waals surface area contributed by atoms with Gasteiger partial charge in [-0.25, -0.2) is 4.79 Å². The van der Waals surface area contributed by atoms with Gasteiger partial charge in [-0.15, -0.1) is 0 Å². The standard InChI is InChI=1S/C9H11N3O2/c13-9(14)6-2-1-3-10-7(6)8-11-4-5-12-8/h1-3,8,11-12H,4-5H2,(H,13,14). The highest BCUT2D eigenvalue weighted by Gasteiger charge is 2.22. The fourth-order valence-corrected chi connectivity index (χ4v) is 1.53. The van der Waals surface area contributed by atoms with Gasteiger partial charge in [0.05, 0.1) is 11.3 Å². The van der Waals surface area contributed by atoms with Crippen LogP contribution in [0.5, 0.6) is 0 Å². The SMILES string of the molecule is O=C(O)c1cccnc1C1NCCN1. The van der Waals surface area contributed by atoms with Gasteiger partial charge in [0.2, 0.25) is 0 Å². The Bertz CT molecular complexity index is 348. The van der Waals surface area contributed by atoms with E-state index in [4.69, 9.17) is 5.11 Å². The smallest absolute Gasteiger partial charge is 0.337 e. The molecule has 0 aromatic carbocycles. The first-order valence-electron chi connectivity index (χ1n) is 4.44. The Morgan fingerprint density at radius 2 is 2.21 bits per heavy atom. The number of carboxylic acids is 1. The molecule has 5 heteroatoms. The molecule has 1 fully saturated rings. The van der Waals surface area contributed by atoms with Crippen LogP contribution in [0.15, 0.2) is 18.3 Å². The number of aromatic nitrogens is 1. The molecule has 2 rings (SSSR count). The second-order valence-corrected chi connectivity index (χ2v) is 3.08. The number of rotatable bonds is 2. The molecule has 0 bridgehead atoms. The third kappa shape index (κ3) is 1.59. The zero-order chi connectivity index (χ0) is 9.97. The Balaban J connectivity index is 2.35. The Labute approximate surface area is 81.2 Å². The van der Waals surface area contributed by atoms with Crippen LogP contribution in [0.3, 0.4) is 0 Å². The molecular weight excluding hydrogens is 182 g/mol. The first-order valence-corrected chi connectivity index (χ1v) is 4.44. The summed E-state index contributed by atoms with van der Waals surface area (Å²) < 4.78 is 0. The van der Waals surface area contributed by atoms with Gasteiger partial charge in [0, 0.05) is 19.3 Å². The van der Waals surface area contributed by atoms with Crippen molar-refractivity contribution in [2.75, 3.05) is 13.1 Å². The van der Waals surface area contributed by atoms with Gasteiger partial charge in [-0.05, 0) is 12.1 Å². The predicted octanol–water partition coefficient (Wildman–Crippen LogP) is -0.0288. The lowest BCUT2D eigenvalue weighted by Gasteiger charge is -2.12. The average Bonchev–Trinajstić information content (AvgIpc) is 2.70. The largest absolute Gasteiger partial charge is 0.478 e. The molecule has 0 saturated carbocycles. The second-order valence-electron chi connectivity index (χ2n) is 3.08. The van der Waals surface area contributed by atoms with Crippen molar-refractivity contribution in [3.8, 4) is 0 Å². The van der Waals surface area contributed by atoms with E-state index in [1.165, 1.54) is 0 Å². The van der Waals surface area contributed by atoms with E-state index in [1.54, 1.807) is 18.3 Å². The third-order valence-corrected chi connectivity index (χ3v) is 2.16. The highest BCUT2D eigenvalue weighted by Crippen LogP contribution is 2.14. The number of carboxylic acid groups (broad SMARTS) is 1. The van der Waals surface area contributed by atoms with Gasteiger partial charge in [0.1, 0.15) is 6.17 Å². The van der Waals surface area contributed by atoms with Crippen molar-refractivity contribution >= 4 is 5.97 Å². The molecular formula is C9H11N3O2. The summed E-state index contributed by atoms with van der Waals surface area (Å²) in [6.45, 7) is 1.67. The van der Waals surface area contributed by atoms with Crippen molar-refractivity contribution in [1.29, 1.82) is 0 Å². The van der Waals surface area contributed by atoms with Gasteiger partial charge < -0.3 is 5.11 Å². The maximum Gasteiger partial charge on any atom is 0.337 e.